The Morgan fingerprint density at radius 2 is 1.94 bits per heavy atom. The monoisotopic (exact) mass is 263 g/mol. The molecule has 0 aliphatic carbocycles. The van der Waals surface area contributed by atoms with E-state index in [1.165, 1.54) is 4.31 Å². The van der Waals surface area contributed by atoms with Crippen molar-refractivity contribution in [3.63, 3.8) is 0 Å². The lowest BCUT2D eigenvalue weighted by molar-refractivity contribution is 0.0298. The van der Waals surface area contributed by atoms with Gasteiger partial charge < -0.3 is 4.74 Å². The van der Waals surface area contributed by atoms with Crippen LogP contribution in [0.25, 0.3) is 0 Å². The summed E-state index contributed by atoms with van der Waals surface area (Å²) < 4.78 is 31.4. The summed E-state index contributed by atoms with van der Waals surface area (Å²) in [5.74, 6) is 0.139. The standard InChI is InChI=1S/C12H25NO3S/c1-4-11(5-2)13(3)17(14,15)10-12-8-6-7-9-16-12/h11-12H,4-10H2,1-3H3/t12-/m1/s1. The first-order valence-corrected chi connectivity index (χ1v) is 8.19. The maximum absolute atomic E-state index is 12.2. The van der Waals surface area contributed by atoms with Gasteiger partial charge in [-0.25, -0.2) is 12.7 Å². The minimum absolute atomic E-state index is 0.106. The fourth-order valence-corrected chi connectivity index (χ4v) is 4.04. The summed E-state index contributed by atoms with van der Waals surface area (Å²) in [6.45, 7) is 4.75. The number of ether oxygens (including phenoxy) is 1. The van der Waals surface area contributed by atoms with Crippen LogP contribution in [-0.4, -0.2) is 44.3 Å². The van der Waals surface area contributed by atoms with Crippen LogP contribution < -0.4 is 0 Å². The molecule has 1 atom stereocenters. The molecule has 1 aliphatic heterocycles. The van der Waals surface area contributed by atoms with Crippen molar-refractivity contribution in [2.24, 2.45) is 0 Å². The van der Waals surface area contributed by atoms with Crippen molar-refractivity contribution in [3.8, 4) is 0 Å². The third-order valence-corrected chi connectivity index (χ3v) is 5.53. The summed E-state index contributed by atoms with van der Waals surface area (Å²) in [5, 5.41) is 0. The second-order valence-electron chi connectivity index (χ2n) is 4.75. The van der Waals surface area contributed by atoms with Gasteiger partial charge in [-0.3, -0.25) is 0 Å². The number of hydrogen-bond donors (Lipinski definition) is 0. The first-order valence-electron chi connectivity index (χ1n) is 6.58. The molecule has 0 bridgehead atoms. The van der Waals surface area contributed by atoms with Crippen molar-refractivity contribution in [2.45, 2.75) is 58.1 Å². The Morgan fingerprint density at radius 1 is 1.29 bits per heavy atom. The van der Waals surface area contributed by atoms with E-state index >= 15 is 0 Å². The van der Waals surface area contributed by atoms with Crippen molar-refractivity contribution >= 4 is 10.0 Å². The molecule has 0 radical (unpaired) electrons. The van der Waals surface area contributed by atoms with Gasteiger partial charge in [0.25, 0.3) is 0 Å². The lowest BCUT2D eigenvalue weighted by atomic mass is 10.1. The second kappa shape index (κ2) is 6.71. The van der Waals surface area contributed by atoms with Crippen LogP contribution >= 0.6 is 0 Å². The Labute approximate surface area is 105 Å². The lowest BCUT2D eigenvalue weighted by Crippen LogP contribution is -2.41. The van der Waals surface area contributed by atoms with E-state index in [2.05, 4.69) is 0 Å². The zero-order valence-corrected chi connectivity index (χ0v) is 12.0. The highest BCUT2D eigenvalue weighted by Gasteiger charge is 2.28. The van der Waals surface area contributed by atoms with Crippen molar-refractivity contribution in [1.82, 2.24) is 4.31 Å². The van der Waals surface area contributed by atoms with E-state index in [1.807, 2.05) is 13.8 Å². The van der Waals surface area contributed by atoms with Crippen LogP contribution in [-0.2, 0) is 14.8 Å². The van der Waals surface area contributed by atoms with Crippen LogP contribution in [0.2, 0.25) is 0 Å². The molecule has 5 heteroatoms. The Balaban J connectivity index is 2.59. The summed E-state index contributed by atoms with van der Waals surface area (Å²) in [6, 6.07) is 0.114. The molecular weight excluding hydrogens is 238 g/mol. The Morgan fingerprint density at radius 3 is 2.41 bits per heavy atom. The first kappa shape index (κ1) is 14.9. The summed E-state index contributed by atoms with van der Waals surface area (Å²) in [6.07, 6.45) is 4.62. The topological polar surface area (TPSA) is 46.6 Å². The minimum Gasteiger partial charge on any atom is -0.377 e. The number of rotatable bonds is 6. The zero-order chi connectivity index (χ0) is 12.9. The van der Waals surface area contributed by atoms with Crippen LogP contribution in [0.15, 0.2) is 0 Å². The smallest absolute Gasteiger partial charge is 0.216 e. The number of hydrogen-bond acceptors (Lipinski definition) is 3. The largest absolute Gasteiger partial charge is 0.377 e. The molecule has 0 N–H and O–H groups in total. The van der Waals surface area contributed by atoms with Gasteiger partial charge in [0.1, 0.15) is 0 Å². The van der Waals surface area contributed by atoms with Gasteiger partial charge in [-0.2, -0.15) is 0 Å². The van der Waals surface area contributed by atoms with Gasteiger partial charge >= 0.3 is 0 Å². The van der Waals surface area contributed by atoms with Gasteiger partial charge in [0.2, 0.25) is 10.0 Å². The van der Waals surface area contributed by atoms with Crippen molar-refractivity contribution < 1.29 is 13.2 Å². The SMILES string of the molecule is CCC(CC)N(C)S(=O)(=O)C[C@H]1CCCCO1. The Kier molecular flexibility index (Phi) is 5.89. The predicted molar refractivity (Wildman–Crippen MR) is 69.5 cm³/mol. The van der Waals surface area contributed by atoms with E-state index in [-0.39, 0.29) is 17.9 Å². The van der Waals surface area contributed by atoms with E-state index in [1.54, 1.807) is 7.05 Å². The molecule has 1 aliphatic rings. The van der Waals surface area contributed by atoms with Crippen LogP contribution in [0.5, 0.6) is 0 Å². The Bertz CT molecular complexity index is 306. The summed E-state index contributed by atoms with van der Waals surface area (Å²) in [7, 11) is -1.48. The molecule has 4 nitrogen and oxygen atoms in total. The summed E-state index contributed by atoms with van der Waals surface area (Å²) >= 11 is 0. The molecule has 0 spiro atoms. The average molecular weight is 263 g/mol. The van der Waals surface area contributed by atoms with E-state index in [9.17, 15) is 8.42 Å². The molecule has 1 heterocycles. The van der Waals surface area contributed by atoms with E-state index < -0.39 is 10.0 Å². The predicted octanol–water partition coefficient (Wildman–Crippen LogP) is 2.01. The second-order valence-corrected chi connectivity index (χ2v) is 6.83. The molecule has 0 amide bonds. The molecule has 1 rings (SSSR count). The van der Waals surface area contributed by atoms with Gasteiger partial charge in [-0.1, -0.05) is 13.8 Å². The lowest BCUT2D eigenvalue weighted by Gasteiger charge is -2.29. The first-order chi connectivity index (χ1) is 8.01. The van der Waals surface area contributed by atoms with Gasteiger partial charge in [0, 0.05) is 19.7 Å². The molecule has 17 heavy (non-hydrogen) atoms. The number of nitrogens with zero attached hydrogens (tertiary/aromatic N) is 1. The van der Waals surface area contributed by atoms with Crippen LogP contribution in [0.3, 0.4) is 0 Å². The molecule has 1 saturated heterocycles. The van der Waals surface area contributed by atoms with Crippen LogP contribution in [0, 0.1) is 0 Å². The molecule has 0 aromatic heterocycles. The number of sulfonamides is 1. The fourth-order valence-electron chi connectivity index (χ4n) is 2.32. The van der Waals surface area contributed by atoms with E-state index in [0.29, 0.717) is 6.61 Å². The Hall–Kier alpha value is -0.130. The molecule has 0 saturated carbocycles. The highest BCUT2D eigenvalue weighted by molar-refractivity contribution is 7.89. The molecule has 0 unspecified atom stereocenters. The highest BCUT2D eigenvalue weighted by atomic mass is 32.2. The van der Waals surface area contributed by atoms with E-state index in [0.717, 1.165) is 32.1 Å². The third-order valence-electron chi connectivity index (χ3n) is 3.57. The molecule has 102 valence electrons. The fraction of sp³-hybridized carbons (Fsp3) is 1.00. The van der Waals surface area contributed by atoms with Crippen LogP contribution in [0.4, 0.5) is 0 Å². The summed E-state index contributed by atoms with van der Waals surface area (Å²) in [4.78, 5) is 0. The quantitative estimate of drug-likeness (QED) is 0.736. The zero-order valence-electron chi connectivity index (χ0n) is 11.2. The van der Waals surface area contributed by atoms with Crippen molar-refractivity contribution in [3.05, 3.63) is 0 Å². The highest BCUT2D eigenvalue weighted by Crippen LogP contribution is 2.18. The van der Waals surface area contributed by atoms with E-state index in [4.69, 9.17) is 4.74 Å². The van der Waals surface area contributed by atoms with Gasteiger partial charge in [-0.05, 0) is 32.1 Å². The molecule has 0 aromatic rings. The molecular formula is C12H25NO3S. The van der Waals surface area contributed by atoms with Crippen LogP contribution in [0.1, 0.15) is 46.0 Å². The average Bonchev–Trinajstić information content (AvgIpc) is 2.31. The van der Waals surface area contributed by atoms with Gasteiger partial charge in [0.15, 0.2) is 0 Å². The normalized spacial score (nSPS) is 22.3. The molecule has 1 fully saturated rings. The maximum Gasteiger partial charge on any atom is 0.216 e. The van der Waals surface area contributed by atoms with Crippen molar-refractivity contribution in [1.29, 1.82) is 0 Å². The molecule has 0 aromatic carbocycles. The third kappa shape index (κ3) is 4.23. The minimum atomic E-state index is -3.18. The summed E-state index contributed by atoms with van der Waals surface area (Å²) in [5.41, 5.74) is 0. The van der Waals surface area contributed by atoms with Gasteiger partial charge in [-0.15, -0.1) is 0 Å². The van der Waals surface area contributed by atoms with Gasteiger partial charge in [0.05, 0.1) is 11.9 Å². The van der Waals surface area contributed by atoms with Crippen molar-refractivity contribution in [2.75, 3.05) is 19.4 Å². The maximum atomic E-state index is 12.2.